The van der Waals surface area contributed by atoms with E-state index < -0.39 is 0 Å². The highest BCUT2D eigenvalue weighted by Gasteiger charge is 2.19. The van der Waals surface area contributed by atoms with Crippen LogP contribution in [0.5, 0.6) is 0 Å². The molecular formula is C24H36N4OS. The zero-order chi connectivity index (χ0) is 21.0. The molecule has 1 aliphatic heterocycles. The topological polar surface area (TPSA) is 48.9 Å². The van der Waals surface area contributed by atoms with E-state index in [0.29, 0.717) is 12.0 Å². The molecule has 1 unspecified atom stereocenters. The fourth-order valence-corrected chi connectivity index (χ4v) is 4.53. The Labute approximate surface area is 185 Å². The number of thiophene rings is 1. The second kappa shape index (κ2) is 12.7. The van der Waals surface area contributed by atoms with Gasteiger partial charge in [-0.25, -0.2) is 0 Å². The van der Waals surface area contributed by atoms with E-state index in [1.54, 1.807) is 0 Å². The second-order valence-electron chi connectivity index (χ2n) is 7.98. The van der Waals surface area contributed by atoms with E-state index in [-0.39, 0.29) is 0 Å². The summed E-state index contributed by atoms with van der Waals surface area (Å²) in [6.45, 7) is 8.10. The molecule has 164 valence electrons. The number of hydrogen-bond acceptors (Lipinski definition) is 4. The van der Waals surface area contributed by atoms with Crippen molar-refractivity contribution in [1.29, 1.82) is 0 Å². The highest BCUT2D eigenvalue weighted by molar-refractivity contribution is 7.10. The van der Waals surface area contributed by atoms with Crippen LogP contribution >= 0.6 is 11.3 Å². The molecule has 1 aromatic carbocycles. The van der Waals surface area contributed by atoms with Crippen LogP contribution in [0.3, 0.4) is 0 Å². The molecule has 5 nitrogen and oxygen atoms in total. The van der Waals surface area contributed by atoms with Crippen molar-refractivity contribution in [1.82, 2.24) is 15.5 Å². The zero-order valence-corrected chi connectivity index (χ0v) is 19.2. The van der Waals surface area contributed by atoms with Gasteiger partial charge in [0.05, 0.1) is 6.10 Å². The van der Waals surface area contributed by atoms with Crippen molar-refractivity contribution in [2.24, 2.45) is 4.99 Å². The molecule has 0 spiro atoms. The minimum Gasteiger partial charge on any atom is -0.378 e. The van der Waals surface area contributed by atoms with Gasteiger partial charge in [-0.05, 0) is 36.3 Å². The first kappa shape index (κ1) is 22.8. The molecule has 1 aliphatic rings. The highest BCUT2D eigenvalue weighted by Crippen LogP contribution is 2.19. The Hall–Kier alpha value is -1.89. The lowest BCUT2D eigenvalue weighted by Crippen LogP contribution is -2.40. The Bertz CT molecular complexity index is 727. The van der Waals surface area contributed by atoms with E-state index in [4.69, 9.17) is 4.74 Å². The number of nitrogens with zero attached hydrogens (tertiary/aromatic N) is 2. The summed E-state index contributed by atoms with van der Waals surface area (Å²) in [5.41, 5.74) is 1.40. The third-order valence-corrected chi connectivity index (χ3v) is 6.68. The van der Waals surface area contributed by atoms with Crippen LogP contribution in [-0.4, -0.2) is 56.8 Å². The number of aliphatic imine (C=N–C) groups is 1. The summed E-state index contributed by atoms with van der Waals surface area (Å²) in [6.07, 6.45) is 3.65. The lowest BCUT2D eigenvalue weighted by molar-refractivity contribution is 0.00534. The summed E-state index contributed by atoms with van der Waals surface area (Å²) in [7, 11) is 1.82. The van der Waals surface area contributed by atoms with Crippen LogP contribution in [-0.2, 0) is 11.3 Å². The number of benzene rings is 1. The smallest absolute Gasteiger partial charge is 0.190 e. The van der Waals surface area contributed by atoms with Crippen molar-refractivity contribution in [3.8, 4) is 0 Å². The third kappa shape index (κ3) is 7.74. The van der Waals surface area contributed by atoms with Gasteiger partial charge in [0.2, 0.25) is 0 Å². The molecular weight excluding hydrogens is 392 g/mol. The number of guanidine groups is 1. The quantitative estimate of drug-likeness (QED) is 0.340. The Morgan fingerprint density at radius 2 is 1.97 bits per heavy atom. The van der Waals surface area contributed by atoms with Crippen LogP contribution in [0.2, 0.25) is 0 Å². The molecule has 0 amide bonds. The van der Waals surface area contributed by atoms with Crippen LogP contribution in [0, 0.1) is 0 Å². The standard InChI is InChI=1S/C24H36N4OS/c1-20(23-10-6-17-30-23)18-27-24(25-2)26-13-7-16-29-22-11-14-28(15-12-22)19-21-8-4-3-5-9-21/h3-6,8-10,17,20,22H,7,11-16,18-19H2,1-2H3,(H2,25,26,27). The third-order valence-electron chi connectivity index (χ3n) is 5.58. The van der Waals surface area contributed by atoms with Crippen molar-refractivity contribution in [3.05, 3.63) is 58.3 Å². The van der Waals surface area contributed by atoms with Gasteiger partial charge in [-0.3, -0.25) is 9.89 Å². The molecule has 6 heteroatoms. The van der Waals surface area contributed by atoms with E-state index in [1.165, 1.54) is 10.4 Å². The summed E-state index contributed by atoms with van der Waals surface area (Å²) in [4.78, 5) is 8.26. The first-order chi connectivity index (χ1) is 14.7. The van der Waals surface area contributed by atoms with Gasteiger partial charge in [0, 0.05) is 57.2 Å². The molecule has 0 bridgehead atoms. The first-order valence-electron chi connectivity index (χ1n) is 11.1. The molecule has 0 radical (unpaired) electrons. The van der Waals surface area contributed by atoms with Crippen LogP contribution in [0.4, 0.5) is 0 Å². The SMILES string of the molecule is CN=C(NCCCOC1CCN(Cc2ccccc2)CC1)NCC(C)c1cccs1. The number of likely N-dealkylation sites (tertiary alicyclic amines) is 1. The fraction of sp³-hybridized carbons (Fsp3) is 0.542. The predicted molar refractivity (Wildman–Crippen MR) is 127 cm³/mol. The van der Waals surface area contributed by atoms with E-state index >= 15 is 0 Å². The largest absolute Gasteiger partial charge is 0.378 e. The van der Waals surface area contributed by atoms with Crippen molar-refractivity contribution in [2.75, 3.05) is 39.8 Å². The average Bonchev–Trinajstić information content (AvgIpc) is 3.32. The predicted octanol–water partition coefficient (Wildman–Crippen LogP) is 4.09. The maximum Gasteiger partial charge on any atom is 0.190 e. The molecule has 0 aliphatic carbocycles. The minimum absolute atomic E-state index is 0.404. The summed E-state index contributed by atoms with van der Waals surface area (Å²) in [6, 6.07) is 15.0. The molecule has 2 N–H and O–H groups in total. The molecule has 1 aromatic heterocycles. The van der Waals surface area contributed by atoms with Gasteiger partial charge in [0.1, 0.15) is 0 Å². The molecule has 1 saturated heterocycles. The maximum atomic E-state index is 6.12. The van der Waals surface area contributed by atoms with E-state index in [9.17, 15) is 0 Å². The van der Waals surface area contributed by atoms with Gasteiger partial charge in [0.25, 0.3) is 0 Å². The van der Waals surface area contributed by atoms with Gasteiger partial charge >= 0.3 is 0 Å². The van der Waals surface area contributed by atoms with E-state index in [0.717, 1.165) is 64.6 Å². The van der Waals surface area contributed by atoms with Crippen molar-refractivity contribution >= 4 is 17.3 Å². The number of hydrogen-bond donors (Lipinski definition) is 2. The first-order valence-corrected chi connectivity index (χ1v) is 12.0. The summed E-state index contributed by atoms with van der Waals surface area (Å²) < 4.78 is 6.12. The van der Waals surface area contributed by atoms with Gasteiger partial charge in [-0.1, -0.05) is 43.3 Å². The van der Waals surface area contributed by atoms with E-state index in [1.807, 2.05) is 18.4 Å². The lowest BCUT2D eigenvalue weighted by atomic mass is 10.1. The van der Waals surface area contributed by atoms with Gasteiger partial charge < -0.3 is 15.4 Å². The normalized spacial score (nSPS) is 17.1. The van der Waals surface area contributed by atoms with Crippen LogP contribution < -0.4 is 10.6 Å². The maximum absolute atomic E-state index is 6.12. The number of ether oxygens (including phenoxy) is 1. The van der Waals surface area contributed by atoms with Crippen molar-refractivity contribution < 1.29 is 4.74 Å². The molecule has 2 aromatic rings. The zero-order valence-electron chi connectivity index (χ0n) is 18.3. The Balaban J connectivity index is 1.23. The molecule has 1 atom stereocenters. The van der Waals surface area contributed by atoms with Crippen LogP contribution in [0.15, 0.2) is 52.8 Å². The average molecular weight is 429 g/mol. The van der Waals surface area contributed by atoms with Gasteiger partial charge in [-0.15, -0.1) is 11.3 Å². The minimum atomic E-state index is 0.404. The summed E-state index contributed by atoms with van der Waals surface area (Å²) in [5.74, 6) is 1.35. The molecule has 0 saturated carbocycles. The Kier molecular flexibility index (Phi) is 9.67. The summed E-state index contributed by atoms with van der Waals surface area (Å²) in [5, 5.41) is 8.95. The lowest BCUT2D eigenvalue weighted by Gasteiger charge is -2.32. The summed E-state index contributed by atoms with van der Waals surface area (Å²) >= 11 is 1.81. The second-order valence-corrected chi connectivity index (χ2v) is 8.96. The van der Waals surface area contributed by atoms with Crippen LogP contribution in [0.1, 0.15) is 42.5 Å². The van der Waals surface area contributed by atoms with Crippen molar-refractivity contribution in [3.63, 3.8) is 0 Å². The van der Waals surface area contributed by atoms with Crippen LogP contribution in [0.25, 0.3) is 0 Å². The Morgan fingerprint density at radius 1 is 1.17 bits per heavy atom. The number of piperidine rings is 1. The van der Waals surface area contributed by atoms with Gasteiger partial charge in [-0.2, -0.15) is 0 Å². The molecule has 30 heavy (non-hydrogen) atoms. The molecule has 2 heterocycles. The number of nitrogens with one attached hydrogen (secondary N) is 2. The highest BCUT2D eigenvalue weighted by atomic mass is 32.1. The van der Waals surface area contributed by atoms with E-state index in [2.05, 4.69) is 75.3 Å². The molecule has 1 fully saturated rings. The number of rotatable bonds is 10. The molecule has 3 rings (SSSR count). The van der Waals surface area contributed by atoms with Crippen molar-refractivity contribution in [2.45, 2.75) is 44.8 Å². The fourth-order valence-electron chi connectivity index (χ4n) is 3.75. The Morgan fingerprint density at radius 3 is 2.67 bits per heavy atom. The monoisotopic (exact) mass is 428 g/mol. The van der Waals surface area contributed by atoms with Gasteiger partial charge in [0.15, 0.2) is 5.96 Å².